The first-order chi connectivity index (χ1) is 7.61. The molecule has 0 saturated heterocycles. The molecule has 4 nitrogen and oxygen atoms in total. The molecule has 0 aliphatic carbocycles. The molecule has 1 unspecified atom stereocenters. The number of aromatic nitrogens is 1. The molecule has 16 heavy (non-hydrogen) atoms. The Bertz CT molecular complexity index is 491. The zero-order valence-electron chi connectivity index (χ0n) is 10.0. The third-order valence-corrected chi connectivity index (χ3v) is 2.50. The maximum absolute atomic E-state index is 5.43. The van der Waals surface area contributed by atoms with Crippen molar-refractivity contribution in [1.29, 1.82) is 0 Å². The molecule has 0 aliphatic heterocycles. The van der Waals surface area contributed by atoms with Gasteiger partial charge in [0.25, 0.3) is 0 Å². The Morgan fingerprint density at radius 3 is 2.75 bits per heavy atom. The van der Waals surface area contributed by atoms with Gasteiger partial charge in [-0.15, -0.1) is 0 Å². The molecule has 2 aromatic rings. The van der Waals surface area contributed by atoms with Crippen LogP contribution in [-0.2, 0) is 4.74 Å². The van der Waals surface area contributed by atoms with E-state index in [2.05, 4.69) is 4.98 Å². The van der Waals surface area contributed by atoms with Gasteiger partial charge < -0.3 is 9.15 Å². The predicted octanol–water partition coefficient (Wildman–Crippen LogP) is 2.34. The lowest BCUT2D eigenvalue weighted by Gasteiger charge is -2.22. The highest BCUT2D eigenvalue weighted by molar-refractivity contribution is 5.73. The average molecular weight is 220 g/mol. The molecule has 0 fully saturated rings. The highest BCUT2D eigenvalue weighted by Crippen LogP contribution is 2.23. The summed E-state index contributed by atoms with van der Waals surface area (Å²) in [4.78, 5) is 6.32. The van der Waals surface area contributed by atoms with Crippen molar-refractivity contribution < 1.29 is 9.15 Å². The lowest BCUT2D eigenvalue weighted by atomic mass is 10.1. The Labute approximate surface area is 94.8 Å². The number of hydrogen-bond donors (Lipinski definition) is 0. The lowest BCUT2D eigenvalue weighted by Crippen LogP contribution is -2.21. The van der Waals surface area contributed by atoms with Crippen molar-refractivity contribution in [1.82, 2.24) is 9.88 Å². The average Bonchev–Trinajstić information content (AvgIpc) is 2.57. The number of nitrogens with zero attached hydrogens (tertiary/aromatic N) is 2. The fourth-order valence-corrected chi connectivity index (χ4v) is 1.86. The largest absolute Gasteiger partial charge is 0.441 e. The van der Waals surface area contributed by atoms with Crippen molar-refractivity contribution >= 4 is 11.1 Å². The van der Waals surface area contributed by atoms with Crippen LogP contribution in [0.25, 0.3) is 11.1 Å². The standard InChI is InChI=1S/C12H16N2O2/c1-8-13-10-7-9(5-6-11(10)16-8)12(15-4)14(2)3/h5-7,12H,1-4H3. The monoisotopic (exact) mass is 220 g/mol. The number of ether oxygens (including phenoxy) is 1. The van der Waals surface area contributed by atoms with Crippen LogP contribution in [0.2, 0.25) is 0 Å². The van der Waals surface area contributed by atoms with Crippen LogP contribution in [0.3, 0.4) is 0 Å². The molecule has 0 bridgehead atoms. The maximum atomic E-state index is 5.43. The van der Waals surface area contributed by atoms with Gasteiger partial charge in [-0.05, 0) is 31.8 Å². The Hall–Kier alpha value is -1.39. The van der Waals surface area contributed by atoms with Gasteiger partial charge in [0, 0.05) is 14.0 Å². The van der Waals surface area contributed by atoms with E-state index in [1.165, 1.54) is 0 Å². The third-order valence-electron chi connectivity index (χ3n) is 2.50. The molecule has 0 amide bonds. The Kier molecular flexibility index (Phi) is 2.94. The van der Waals surface area contributed by atoms with Crippen LogP contribution >= 0.6 is 0 Å². The number of oxazole rings is 1. The molecule has 1 aromatic heterocycles. The molecule has 0 saturated carbocycles. The Morgan fingerprint density at radius 2 is 2.12 bits per heavy atom. The number of methoxy groups -OCH3 is 1. The highest BCUT2D eigenvalue weighted by atomic mass is 16.5. The summed E-state index contributed by atoms with van der Waals surface area (Å²) in [7, 11) is 5.65. The van der Waals surface area contributed by atoms with Crippen LogP contribution in [-0.4, -0.2) is 31.1 Å². The van der Waals surface area contributed by atoms with Gasteiger partial charge in [0.1, 0.15) is 11.7 Å². The first-order valence-corrected chi connectivity index (χ1v) is 5.18. The van der Waals surface area contributed by atoms with Gasteiger partial charge in [-0.2, -0.15) is 0 Å². The SMILES string of the molecule is COC(c1ccc2oc(C)nc2c1)N(C)C. The van der Waals surface area contributed by atoms with E-state index in [4.69, 9.17) is 9.15 Å². The molecule has 2 rings (SSSR count). The van der Waals surface area contributed by atoms with Crippen LogP contribution in [0.5, 0.6) is 0 Å². The van der Waals surface area contributed by atoms with Gasteiger partial charge in [0.15, 0.2) is 11.5 Å². The van der Waals surface area contributed by atoms with Crippen molar-refractivity contribution in [2.45, 2.75) is 13.2 Å². The van der Waals surface area contributed by atoms with Crippen molar-refractivity contribution in [2.24, 2.45) is 0 Å². The smallest absolute Gasteiger partial charge is 0.192 e. The third kappa shape index (κ3) is 1.94. The molecule has 0 N–H and O–H groups in total. The molecule has 1 atom stereocenters. The summed E-state index contributed by atoms with van der Waals surface area (Å²) in [6, 6.07) is 5.93. The Morgan fingerprint density at radius 1 is 1.38 bits per heavy atom. The minimum absolute atomic E-state index is 0.0543. The second-order valence-corrected chi connectivity index (χ2v) is 4.01. The van der Waals surface area contributed by atoms with Gasteiger partial charge in [-0.1, -0.05) is 6.07 Å². The fourth-order valence-electron chi connectivity index (χ4n) is 1.86. The summed E-state index contributed by atoms with van der Waals surface area (Å²) in [5, 5.41) is 0. The van der Waals surface area contributed by atoms with Gasteiger partial charge in [0.05, 0.1) is 0 Å². The molecular formula is C12H16N2O2. The summed E-state index contributed by atoms with van der Waals surface area (Å²) in [5.41, 5.74) is 2.77. The highest BCUT2D eigenvalue weighted by Gasteiger charge is 2.14. The number of fused-ring (bicyclic) bond motifs is 1. The summed E-state index contributed by atoms with van der Waals surface area (Å²) < 4.78 is 10.9. The van der Waals surface area contributed by atoms with E-state index in [1.807, 2.05) is 44.1 Å². The zero-order chi connectivity index (χ0) is 11.7. The quantitative estimate of drug-likeness (QED) is 0.744. The summed E-state index contributed by atoms with van der Waals surface area (Å²) in [6.45, 7) is 1.85. The molecule has 86 valence electrons. The van der Waals surface area contributed by atoms with Crippen LogP contribution in [0.1, 0.15) is 17.7 Å². The van der Waals surface area contributed by atoms with Gasteiger partial charge in [0.2, 0.25) is 0 Å². The minimum atomic E-state index is -0.0543. The normalized spacial score (nSPS) is 13.6. The minimum Gasteiger partial charge on any atom is -0.441 e. The van der Waals surface area contributed by atoms with Crippen molar-refractivity contribution in [3.8, 4) is 0 Å². The van der Waals surface area contributed by atoms with E-state index in [0.717, 1.165) is 16.7 Å². The van der Waals surface area contributed by atoms with Gasteiger partial charge in [-0.3, -0.25) is 4.90 Å². The number of benzene rings is 1. The summed E-state index contributed by atoms with van der Waals surface area (Å²) in [6.07, 6.45) is -0.0543. The summed E-state index contributed by atoms with van der Waals surface area (Å²) >= 11 is 0. The van der Waals surface area contributed by atoms with Crippen LogP contribution in [0.4, 0.5) is 0 Å². The second kappa shape index (κ2) is 4.23. The molecule has 4 heteroatoms. The lowest BCUT2D eigenvalue weighted by molar-refractivity contribution is -0.00532. The zero-order valence-corrected chi connectivity index (χ0v) is 10.0. The molecule has 0 aliphatic rings. The van der Waals surface area contributed by atoms with Crippen LogP contribution in [0.15, 0.2) is 22.6 Å². The van der Waals surface area contributed by atoms with Crippen LogP contribution in [0, 0.1) is 6.92 Å². The van der Waals surface area contributed by atoms with E-state index in [0.29, 0.717) is 5.89 Å². The molecular weight excluding hydrogens is 204 g/mol. The first kappa shape index (κ1) is 11.1. The molecule has 0 radical (unpaired) electrons. The predicted molar refractivity (Wildman–Crippen MR) is 62.2 cm³/mol. The number of aryl methyl sites for hydroxylation is 1. The van der Waals surface area contributed by atoms with E-state index < -0.39 is 0 Å². The number of rotatable bonds is 3. The second-order valence-electron chi connectivity index (χ2n) is 4.01. The maximum Gasteiger partial charge on any atom is 0.192 e. The topological polar surface area (TPSA) is 38.5 Å². The molecule has 0 spiro atoms. The van der Waals surface area contributed by atoms with E-state index in [1.54, 1.807) is 7.11 Å². The van der Waals surface area contributed by atoms with Crippen molar-refractivity contribution in [2.75, 3.05) is 21.2 Å². The molecule has 1 heterocycles. The molecule has 1 aromatic carbocycles. The van der Waals surface area contributed by atoms with E-state index in [-0.39, 0.29) is 6.23 Å². The fraction of sp³-hybridized carbons (Fsp3) is 0.417. The number of hydrogen-bond acceptors (Lipinski definition) is 4. The van der Waals surface area contributed by atoms with Crippen LogP contribution < -0.4 is 0 Å². The van der Waals surface area contributed by atoms with Gasteiger partial charge in [-0.25, -0.2) is 4.98 Å². The Balaban J connectivity index is 2.44. The first-order valence-electron chi connectivity index (χ1n) is 5.18. The van der Waals surface area contributed by atoms with E-state index >= 15 is 0 Å². The van der Waals surface area contributed by atoms with E-state index in [9.17, 15) is 0 Å². The van der Waals surface area contributed by atoms with Gasteiger partial charge >= 0.3 is 0 Å². The van der Waals surface area contributed by atoms with Crippen molar-refractivity contribution in [3.05, 3.63) is 29.7 Å². The van der Waals surface area contributed by atoms with Crippen molar-refractivity contribution in [3.63, 3.8) is 0 Å². The summed E-state index contributed by atoms with van der Waals surface area (Å²) in [5.74, 6) is 0.686.